The van der Waals surface area contributed by atoms with Gasteiger partial charge in [0.15, 0.2) is 11.5 Å². The zero-order valence-corrected chi connectivity index (χ0v) is 25.5. The maximum absolute atomic E-state index is 14.2. The van der Waals surface area contributed by atoms with Crippen molar-refractivity contribution in [2.45, 2.75) is 39.3 Å². The molecule has 1 aliphatic heterocycles. The van der Waals surface area contributed by atoms with E-state index in [-0.39, 0.29) is 37.1 Å². The quantitative estimate of drug-likeness (QED) is 0.294. The highest BCUT2D eigenvalue weighted by Gasteiger charge is 2.34. The minimum atomic E-state index is -3.87. The SMILES string of the molecule is CCCNC(=O)[C@H](Cc1ccccc1)N(Cc1ccc(Br)cc1)C(=O)CN(c1ccc2c(c1)OCO2)S(=O)(=O)CC. The van der Waals surface area contributed by atoms with Gasteiger partial charge in [0, 0.05) is 30.0 Å². The molecule has 0 aliphatic carbocycles. The summed E-state index contributed by atoms with van der Waals surface area (Å²) in [5, 5.41) is 2.93. The van der Waals surface area contributed by atoms with Crippen LogP contribution in [0.3, 0.4) is 0 Å². The smallest absolute Gasteiger partial charge is 0.244 e. The van der Waals surface area contributed by atoms with Gasteiger partial charge in [-0.2, -0.15) is 0 Å². The maximum atomic E-state index is 14.2. The Balaban J connectivity index is 1.73. The van der Waals surface area contributed by atoms with Crippen molar-refractivity contribution in [1.82, 2.24) is 10.2 Å². The Hall–Kier alpha value is -3.57. The third-order valence-corrected chi connectivity index (χ3v) is 8.98. The van der Waals surface area contributed by atoms with Crippen molar-refractivity contribution < 1.29 is 27.5 Å². The van der Waals surface area contributed by atoms with Gasteiger partial charge in [-0.1, -0.05) is 65.3 Å². The molecular weight excluding hydrogens is 610 g/mol. The van der Waals surface area contributed by atoms with Gasteiger partial charge in [0.1, 0.15) is 12.6 Å². The number of fused-ring (bicyclic) bond motifs is 1. The third kappa shape index (κ3) is 7.80. The summed E-state index contributed by atoms with van der Waals surface area (Å²) >= 11 is 3.44. The largest absolute Gasteiger partial charge is 0.454 e. The molecule has 1 aliphatic rings. The van der Waals surface area contributed by atoms with E-state index in [0.717, 1.165) is 26.3 Å². The Morgan fingerprint density at radius 3 is 2.34 bits per heavy atom. The van der Waals surface area contributed by atoms with Crippen molar-refractivity contribution in [2.24, 2.45) is 0 Å². The van der Waals surface area contributed by atoms with E-state index in [2.05, 4.69) is 21.2 Å². The summed E-state index contributed by atoms with van der Waals surface area (Å²) in [4.78, 5) is 29.2. The van der Waals surface area contributed by atoms with Gasteiger partial charge in [0.25, 0.3) is 0 Å². The number of amides is 2. The molecule has 0 unspecified atom stereocenters. The highest BCUT2D eigenvalue weighted by molar-refractivity contribution is 9.10. The minimum absolute atomic E-state index is 0.0350. The van der Waals surface area contributed by atoms with Crippen molar-refractivity contribution in [3.63, 3.8) is 0 Å². The molecule has 2 amide bonds. The van der Waals surface area contributed by atoms with Crippen molar-refractivity contribution in [3.05, 3.63) is 88.4 Å². The Morgan fingerprint density at radius 1 is 0.951 bits per heavy atom. The predicted octanol–water partition coefficient (Wildman–Crippen LogP) is 4.50. The third-order valence-electron chi connectivity index (χ3n) is 6.71. The van der Waals surface area contributed by atoms with E-state index in [0.29, 0.717) is 18.0 Å². The fraction of sp³-hybridized carbons (Fsp3) is 0.333. The normalized spacial score (nSPS) is 13.0. The molecule has 0 saturated heterocycles. The molecular formula is C30H34BrN3O6S. The molecule has 11 heteroatoms. The van der Waals surface area contributed by atoms with Gasteiger partial charge in [0.2, 0.25) is 28.6 Å². The van der Waals surface area contributed by atoms with E-state index >= 15 is 0 Å². The molecule has 0 aromatic heterocycles. The molecule has 9 nitrogen and oxygen atoms in total. The summed E-state index contributed by atoms with van der Waals surface area (Å²) in [7, 11) is -3.87. The highest BCUT2D eigenvalue weighted by Crippen LogP contribution is 2.36. The van der Waals surface area contributed by atoms with E-state index in [1.165, 1.54) is 11.8 Å². The molecule has 1 atom stereocenters. The van der Waals surface area contributed by atoms with E-state index in [1.807, 2.05) is 61.5 Å². The summed E-state index contributed by atoms with van der Waals surface area (Å²) in [5.41, 5.74) is 1.96. The van der Waals surface area contributed by atoms with Crippen LogP contribution in [0.25, 0.3) is 0 Å². The summed E-state index contributed by atoms with van der Waals surface area (Å²) < 4.78 is 39.4. The lowest BCUT2D eigenvalue weighted by Crippen LogP contribution is -2.53. The molecule has 3 aromatic rings. The lowest BCUT2D eigenvalue weighted by Gasteiger charge is -2.33. The van der Waals surface area contributed by atoms with E-state index in [4.69, 9.17) is 9.47 Å². The first-order valence-corrected chi connectivity index (χ1v) is 15.9. The lowest BCUT2D eigenvalue weighted by molar-refractivity contribution is -0.140. The number of hydrogen-bond donors (Lipinski definition) is 1. The second-order valence-corrected chi connectivity index (χ2v) is 12.7. The molecule has 0 fully saturated rings. The van der Waals surface area contributed by atoms with Gasteiger partial charge in [-0.05, 0) is 48.7 Å². The van der Waals surface area contributed by atoms with Crippen LogP contribution in [0.2, 0.25) is 0 Å². The zero-order valence-electron chi connectivity index (χ0n) is 23.1. The molecule has 0 bridgehead atoms. The van der Waals surface area contributed by atoms with Crippen molar-refractivity contribution in [2.75, 3.05) is 29.9 Å². The summed E-state index contributed by atoms with van der Waals surface area (Å²) in [6.45, 7) is 3.60. The fourth-order valence-electron chi connectivity index (χ4n) is 4.47. The average molecular weight is 645 g/mol. The number of halogens is 1. The first kappa shape index (κ1) is 30.4. The monoisotopic (exact) mass is 643 g/mol. The van der Waals surface area contributed by atoms with Crippen LogP contribution in [0.1, 0.15) is 31.4 Å². The highest BCUT2D eigenvalue weighted by atomic mass is 79.9. The van der Waals surface area contributed by atoms with Gasteiger partial charge < -0.3 is 19.7 Å². The predicted molar refractivity (Wildman–Crippen MR) is 161 cm³/mol. The Bertz CT molecular complexity index is 1450. The van der Waals surface area contributed by atoms with Crippen LogP contribution in [0.15, 0.2) is 77.3 Å². The van der Waals surface area contributed by atoms with Crippen LogP contribution in [-0.2, 0) is 32.6 Å². The number of sulfonamides is 1. The molecule has 1 N–H and O–H groups in total. The number of benzene rings is 3. The Kier molecular flexibility index (Phi) is 10.3. The number of anilines is 1. The van der Waals surface area contributed by atoms with Crippen LogP contribution < -0.4 is 19.1 Å². The van der Waals surface area contributed by atoms with Crippen molar-refractivity contribution >= 4 is 43.5 Å². The van der Waals surface area contributed by atoms with Crippen LogP contribution in [-0.4, -0.2) is 56.8 Å². The average Bonchev–Trinajstić information content (AvgIpc) is 3.46. The number of rotatable bonds is 13. The minimum Gasteiger partial charge on any atom is -0.454 e. The van der Waals surface area contributed by atoms with Gasteiger partial charge in [-0.15, -0.1) is 0 Å². The first-order valence-electron chi connectivity index (χ1n) is 13.5. The summed E-state index contributed by atoms with van der Waals surface area (Å²) in [5.74, 6) is -0.115. The van der Waals surface area contributed by atoms with Crippen LogP contribution in [0, 0.1) is 0 Å². The maximum Gasteiger partial charge on any atom is 0.244 e. The van der Waals surface area contributed by atoms with Crippen LogP contribution >= 0.6 is 15.9 Å². The molecule has 41 heavy (non-hydrogen) atoms. The van der Waals surface area contributed by atoms with Crippen molar-refractivity contribution in [1.29, 1.82) is 0 Å². The molecule has 0 radical (unpaired) electrons. The number of hydrogen-bond acceptors (Lipinski definition) is 6. The van der Waals surface area contributed by atoms with E-state index in [1.54, 1.807) is 18.2 Å². The molecule has 1 heterocycles. The van der Waals surface area contributed by atoms with E-state index in [9.17, 15) is 18.0 Å². The number of nitrogens with one attached hydrogen (secondary N) is 1. The topological polar surface area (TPSA) is 105 Å². The first-order chi connectivity index (χ1) is 19.7. The van der Waals surface area contributed by atoms with Gasteiger partial charge in [-0.3, -0.25) is 13.9 Å². The van der Waals surface area contributed by atoms with Crippen LogP contribution in [0.5, 0.6) is 11.5 Å². The molecule has 218 valence electrons. The number of carbonyl (C=O) groups excluding carboxylic acids is 2. The second-order valence-electron chi connectivity index (χ2n) is 9.59. The molecule has 0 saturated carbocycles. The Morgan fingerprint density at radius 2 is 1.66 bits per heavy atom. The summed E-state index contributed by atoms with van der Waals surface area (Å²) in [6, 6.07) is 20.8. The molecule has 3 aromatic carbocycles. The van der Waals surface area contributed by atoms with Gasteiger partial charge in [0.05, 0.1) is 11.4 Å². The standard InChI is InChI=1S/C30H34BrN3O6S/c1-3-16-32-30(36)26(17-22-8-6-5-7-9-22)33(19-23-10-12-24(31)13-11-23)29(35)20-34(41(37,38)4-2)25-14-15-27-28(18-25)40-21-39-27/h5-15,18,26H,3-4,16-17,19-21H2,1-2H3,(H,32,36)/t26-/m0/s1. The molecule has 4 rings (SSSR count). The van der Waals surface area contributed by atoms with Gasteiger partial charge >= 0.3 is 0 Å². The zero-order chi connectivity index (χ0) is 29.4. The second kappa shape index (κ2) is 13.9. The Labute approximate surface area is 249 Å². The molecule has 0 spiro atoms. The number of ether oxygens (including phenoxy) is 2. The summed E-state index contributed by atoms with van der Waals surface area (Å²) in [6.07, 6.45) is 1.00. The van der Waals surface area contributed by atoms with E-state index < -0.39 is 28.5 Å². The van der Waals surface area contributed by atoms with Crippen LogP contribution in [0.4, 0.5) is 5.69 Å². The van der Waals surface area contributed by atoms with Gasteiger partial charge in [-0.25, -0.2) is 8.42 Å². The van der Waals surface area contributed by atoms with Crippen molar-refractivity contribution in [3.8, 4) is 11.5 Å². The lowest BCUT2D eigenvalue weighted by atomic mass is 10.0. The number of nitrogens with zero attached hydrogens (tertiary/aromatic N) is 2. The fourth-order valence-corrected chi connectivity index (χ4v) is 5.78. The number of carbonyl (C=O) groups is 2.